The number of alkyl halides is 3. The normalized spacial score (nSPS) is 17.4. The minimum absolute atomic E-state index is 0.125. The second-order valence-corrected chi connectivity index (χ2v) is 10.4. The van der Waals surface area contributed by atoms with Gasteiger partial charge in [0.2, 0.25) is 5.91 Å². The summed E-state index contributed by atoms with van der Waals surface area (Å²) in [6, 6.07) is 21.4. The van der Waals surface area contributed by atoms with Crippen molar-refractivity contribution in [3.8, 4) is 5.75 Å². The Kier molecular flexibility index (Phi) is 11.6. The second-order valence-electron chi connectivity index (χ2n) is 10.4. The van der Waals surface area contributed by atoms with Crippen LogP contribution in [0.5, 0.6) is 5.75 Å². The fourth-order valence-corrected chi connectivity index (χ4v) is 4.95. The quantitative estimate of drug-likeness (QED) is 0.230. The molecule has 0 aliphatic carbocycles. The molecule has 8 nitrogen and oxygen atoms in total. The topological polar surface area (TPSA) is 97.9 Å². The van der Waals surface area contributed by atoms with E-state index >= 15 is 0 Å². The molecule has 3 aromatic carbocycles. The number of hydrogen-bond acceptors (Lipinski definition) is 6. The Morgan fingerprint density at radius 3 is 2.50 bits per heavy atom. The fourth-order valence-electron chi connectivity index (χ4n) is 4.95. The van der Waals surface area contributed by atoms with Crippen LogP contribution in [0.1, 0.15) is 35.4 Å². The zero-order valence-corrected chi connectivity index (χ0v) is 24.2. The van der Waals surface area contributed by atoms with Crippen molar-refractivity contribution in [1.82, 2.24) is 10.6 Å². The van der Waals surface area contributed by atoms with Crippen LogP contribution in [0.2, 0.25) is 0 Å². The van der Waals surface area contributed by atoms with Gasteiger partial charge in [-0.25, -0.2) is 9.18 Å². The van der Waals surface area contributed by atoms with Gasteiger partial charge in [0.05, 0.1) is 25.9 Å². The number of nitrogens with one attached hydrogen (secondary N) is 3. The van der Waals surface area contributed by atoms with Crippen LogP contribution in [0.15, 0.2) is 72.8 Å². The highest BCUT2D eigenvalue weighted by molar-refractivity contribution is 5.92. The number of benzene rings is 3. The van der Waals surface area contributed by atoms with Gasteiger partial charge in [0.25, 0.3) is 0 Å². The first kappa shape index (κ1) is 32.7. The van der Waals surface area contributed by atoms with Crippen molar-refractivity contribution in [3.05, 3.63) is 95.3 Å². The summed E-state index contributed by atoms with van der Waals surface area (Å²) in [6.07, 6.45) is -5.13. The Hall–Kier alpha value is -4.16. The molecule has 3 N–H and O–H groups in total. The number of methoxy groups -OCH3 is 1. The Balaban J connectivity index is 1.32. The number of anilines is 1. The molecule has 0 saturated carbocycles. The van der Waals surface area contributed by atoms with Crippen LogP contribution in [-0.2, 0) is 20.7 Å². The molecule has 12 heteroatoms. The highest BCUT2D eigenvalue weighted by Crippen LogP contribution is 2.31. The van der Waals surface area contributed by atoms with Crippen LogP contribution in [0.25, 0.3) is 0 Å². The summed E-state index contributed by atoms with van der Waals surface area (Å²) in [5.41, 5.74) is 2.61. The van der Waals surface area contributed by atoms with E-state index in [2.05, 4.69) is 10.6 Å². The molecule has 1 fully saturated rings. The number of carbonyl (C=O) groups excluding carboxylic acids is 2. The summed E-state index contributed by atoms with van der Waals surface area (Å²) in [5.74, 6) is -0.292. The highest BCUT2D eigenvalue weighted by Gasteiger charge is 2.29. The van der Waals surface area contributed by atoms with E-state index in [0.29, 0.717) is 30.0 Å². The van der Waals surface area contributed by atoms with Gasteiger partial charge in [-0.3, -0.25) is 4.79 Å². The molecule has 1 heterocycles. The summed E-state index contributed by atoms with van der Waals surface area (Å²) in [4.78, 5) is 24.8. The van der Waals surface area contributed by atoms with Gasteiger partial charge < -0.3 is 30.2 Å². The maximum absolute atomic E-state index is 15.0. The van der Waals surface area contributed by atoms with Crippen LogP contribution < -0.4 is 20.7 Å². The number of ether oxygens (including phenoxy) is 3. The number of amides is 2. The van der Waals surface area contributed by atoms with Gasteiger partial charge in [0.1, 0.15) is 24.7 Å². The van der Waals surface area contributed by atoms with Gasteiger partial charge in [-0.2, -0.15) is 13.2 Å². The number of morpholine rings is 1. The van der Waals surface area contributed by atoms with E-state index in [1.54, 1.807) is 24.6 Å². The van der Waals surface area contributed by atoms with Crippen LogP contribution in [0.3, 0.4) is 0 Å². The van der Waals surface area contributed by atoms with E-state index in [-0.39, 0.29) is 44.0 Å². The van der Waals surface area contributed by atoms with E-state index in [0.717, 1.165) is 11.1 Å². The van der Waals surface area contributed by atoms with Crippen LogP contribution >= 0.6 is 0 Å². The second kappa shape index (κ2) is 15.5. The molecule has 0 radical (unpaired) electrons. The lowest BCUT2D eigenvalue weighted by Crippen LogP contribution is -2.49. The highest BCUT2D eigenvalue weighted by atomic mass is 19.4. The molecule has 44 heavy (non-hydrogen) atoms. The van der Waals surface area contributed by atoms with Crippen molar-refractivity contribution in [2.75, 3.05) is 38.7 Å². The molecule has 0 aromatic heterocycles. The molecule has 4 rings (SSSR count). The molecule has 3 atom stereocenters. The Labute approximate surface area is 253 Å². The van der Waals surface area contributed by atoms with Crippen LogP contribution in [-0.4, -0.2) is 63.7 Å². The first-order valence-electron chi connectivity index (χ1n) is 14.2. The number of halogens is 4. The third kappa shape index (κ3) is 9.95. The van der Waals surface area contributed by atoms with E-state index < -0.39 is 30.7 Å². The van der Waals surface area contributed by atoms with E-state index in [1.807, 2.05) is 54.6 Å². The molecule has 0 bridgehead atoms. The largest absolute Gasteiger partial charge is 0.497 e. The van der Waals surface area contributed by atoms with Crippen LogP contribution in [0.4, 0.5) is 28.0 Å². The summed E-state index contributed by atoms with van der Waals surface area (Å²) < 4.78 is 67.6. The zero-order valence-electron chi connectivity index (χ0n) is 24.2. The van der Waals surface area contributed by atoms with Crippen molar-refractivity contribution < 1.29 is 41.4 Å². The Morgan fingerprint density at radius 1 is 1.05 bits per heavy atom. The lowest BCUT2D eigenvalue weighted by Gasteiger charge is -2.30. The molecule has 0 spiro atoms. The molecule has 0 unspecified atom stereocenters. The Bertz CT molecular complexity index is 1380. The van der Waals surface area contributed by atoms with Crippen molar-refractivity contribution in [2.45, 2.75) is 43.5 Å². The number of hydrogen-bond donors (Lipinski definition) is 3. The lowest BCUT2D eigenvalue weighted by molar-refractivity contribution is -0.124. The molecular weight excluding hydrogens is 582 g/mol. The first-order valence-corrected chi connectivity index (χ1v) is 14.2. The van der Waals surface area contributed by atoms with Gasteiger partial charge in [0.15, 0.2) is 0 Å². The third-order valence-corrected chi connectivity index (χ3v) is 7.21. The fraction of sp³-hybridized carbons (Fsp3) is 0.375. The minimum Gasteiger partial charge on any atom is -0.497 e. The summed E-state index contributed by atoms with van der Waals surface area (Å²) in [5, 5.41) is 7.67. The smallest absolute Gasteiger partial charge is 0.407 e. The number of rotatable bonds is 12. The zero-order chi connectivity index (χ0) is 31.5. The van der Waals surface area contributed by atoms with Gasteiger partial charge >= 0.3 is 12.3 Å². The SMILES string of the molecule is COc1cccc([C@H](CC(=O)Nc2cccc(F)c2CC[C@@H]2CN[C@H](COC(=O)NCC(F)(F)F)CO2)c2ccccc2)c1. The minimum atomic E-state index is -4.53. The van der Waals surface area contributed by atoms with Crippen molar-refractivity contribution in [1.29, 1.82) is 0 Å². The maximum Gasteiger partial charge on any atom is 0.407 e. The molecule has 3 aromatic rings. The maximum atomic E-state index is 15.0. The van der Waals surface area contributed by atoms with E-state index in [1.165, 1.54) is 6.07 Å². The molecule has 1 aliphatic heterocycles. The average Bonchev–Trinajstić information content (AvgIpc) is 3.02. The van der Waals surface area contributed by atoms with Crippen molar-refractivity contribution >= 4 is 17.7 Å². The van der Waals surface area contributed by atoms with E-state index in [9.17, 15) is 27.2 Å². The molecule has 236 valence electrons. The summed E-state index contributed by atoms with van der Waals surface area (Å²) in [6.45, 7) is -1.12. The number of alkyl carbamates (subject to hydrolysis) is 1. The number of carbonyl (C=O) groups is 2. The monoisotopic (exact) mass is 617 g/mol. The molecule has 1 aliphatic rings. The van der Waals surface area contributed by atoms with Gasteiger partial charge in [-0.1, -0.05) is 48.5 Å². The van der Waals surface area contributed by atoms with Gasteiger partial charge in [-0.15, -0.1) is 0 Å². The summed E-state index contributed by atoms with van der Waals surface area (Å²) >= 11 is 0. The average molecular weight is 618 g/mol. The Morgan fingerprint density at radius 2 is 1.80 bits per heavy atom. The third-order valence-electron chi connectivity index (χ3n) is 7.21. The first-order chi connectivity index (χ1) is 21.1. The molecule has 2 amide bonds. The van der Waals surface area contributed by atoms with Crippen molar-refractivity contribution in [2.24, 2.45) is 0 Å². The van der Waals surface area contributed by atoms with Crippen molar-refractivity contribution in [3.63, 3.8) is 0 Å². The molecule has 1 saturated heterocycles. The van der Waals surface area contributed by atoms with Crippen LogP contribution in [0, 0.1) is 5.82 Å². The standard InChI is InChI=1S/C32H35F4N3O5/c1-42-24-10-5-9-22(15-24)27(21-7-3-2-4-8-21)16-30(40)39-29-12-6-11-28(33)26(29)14-13-25-17-37-23(18-43-25)19-44-31(41)38-20-32(34,35)36/h2-12,15,23,25,27,37H,13-14,16-20H2,1H3,(H,38,41)(H,39,40)/t23-,25+,27+/m0/s1. The lowest BCUT2D eigenvalue weighted by atomic mass is 9.88. The predicted molar refractivity (Wildman–Crippen MR) is 156 cm³/mol. The predicted octanol–water partition coefficient (Wildman–Crippen LogP) is 5.57. The van der Waals surface area contributed by atoms with Gasteiger partial charge in [-0.05, 0) is 48.2 Å². The summed E-state index contributed by atoms with van der Waals surface area (Å²) in [7, 11) is 1.59. The molecular formula is C32H35F4N3O5. The van der Waals surface area contributed by atoms with Gasteiger partial charge in [0, 0.05) is 30.1 Å². The van der Waals surface area contributed by atoms with E-state index in [4.69, 9.17) is 14.2 Å².